The summed E-state index contributed by atoms with van der Waals surface area (Å²) in [7, 11) is 0. The fourth-order valence-electron chi connectivity index (χ4n) is 3.77. The molecule has 0 N–H and O–H groups in total. The monoisotopic (exact) mass is 432 g/mol. The average Bonchev–Trinajstić information content (AvgIpc) is 3.50. The molecule has 1 saturated carbocycles. The van der Waals surface area contributed by atoms with Gasteiger partial charge in [0.1, 0.15) is 12.1 Å². The van der Waals surface area contributed by atoms with Crippen LogP contribution in [0.4, 0.5) is 0 Å². The lowest BCUT2D eigenvalue weighted by molar-refractivity contribution is 0.0965. The van der Waals surface area contributed by atoms with Crippen LogP contribution in [0.5, 0.6) is 0 Å². The Labute approximate surface area is 184 Å². The number of carbonyl (C=O) groups excluding carboxylic acids is 1. The number of halogens is 1. The van der Waals surface area contributed by atoms with Gasteiger partial charge in [-0.3, -0.25) is 9.59 Å². The van der Waals surface area contributed by atoms with E-state index in [1.807, 2.05) is 32.0 Å². The van der Waals surface area contributed by atoms with E-state index in [1.165, 1.54) is 10.2 Å². The van der Waals surface area contributed by atoms with Crippen molar-refractivity contribution < 1.29 is 4.79 Å². The van der Waals surface area contributed by atoms with Crippen LogP contribution in [0.2, 0.25) is 5.02 Å². The second kappa shape index (κ2) is 7.46. The highest BCUT2D eigenvalue weighted by molar-refractivity contribution is 6.30. The largest absolute Gasteiger partial charge is 0.293 e. The lowest BCUT2D eigenvalue weighted by atomic mass is 10.1. The third kappa shape index (κ3) is 3.57. The number of ketones is 1. The van der Waals surface area contributed by atoms with Gasteiger partial charge in [0.25, 0.3) is 5.56 Å². The van der Waals surface area contributed by atoms with Gasteiger partial charge in [0, 0.05) is 21.9 Å². The molecule has 0 saturated heterocycles. The fourth-order valence-corrected chi connectivity index (χ4v) is 3.90. The normalized spacial score (nSPS) is 13.6. The Bertz CT molecular complexity index is 1380. The summed E-state index contributed by atoms with van der Waals surface area (Å²) in [5, 5.41) is 10.4. The molecule has 2 heterocycles. The average molecular weight is 433 g/mol. The molecular weight excluding hydrogens is 412 g/mol. The van der Waals surface area contributed by atoms with Crippen molar-refractivity contribution in [2.75, 3.05) is 0 Å². The number of fused-ring (bicyclic) bond motifs is 1. The lowest BCUT2D eigenvalue weighted by Crippen LogP contribution is -2.29. The summed E-state index contributed by atoms with van der Waals surface area (Å²) >= 11 is 5.93. The van der Waals surface area contributed by atoms with E-state index in [1.54, 1.807) is 35.1 Å². The molecule has 0 amide bonds. The topological polar surface area (TPSA) is 69.8 Å². The van der Waals surface area contributed by atoms with Crippen LogP contribution < -0.4 is 5.56 Å². The number of carbonyl (C=O) groups is 1. The van der Waals surface area contributed by atoms with Crippen LogP contribution in [0, 0.1) is 13.8 Å². The highest BCUT2D eigenvalue weighted by Gasteiger charge is 2.30. The van der Waals surface area contributed by atoms with Gasteiger partial charge in [0.2, 0.25) is 0 Å². The van der Waals surface area contributed by atoms with Crippen LogP contribution in [-0.2, 0) is 6.54 Å². The summed E-state index contributed by atoms with van der Waals surface area (Å²) in [5.74, 6) is 0.113. The predicted octanol–water partition coefficient (Wildman–Crippen LogP) is 4.61. The van der Waals surface area contributed by atoms with Crippen LogP contribution in [0.3, 0.4) is 0 Å². The quantitative estimate of drug-likeness (QED) is 0.432. The molecule has 2 aromatic heterocycles. The maximum absolute atomic E-state index is 13.4. The van der Waals surface area contributed by atoms with E-state index in [2.05, 4.69) is 10.2 Å². The first-order chi connectivity index (χ1) is 14.9. The van der Waals surface area contributed by atoms with Crippen molar-refractivity contribution in [2.24, 2.45) is 0 Å². The highest BCUT2D eigenvalue weighted by Crippen LogP contribution is 2.41. The van der Waals surface area contributed by atoms with Crippen LogP contribution in [0.1, 0.15) is 45.9 Å². The third-order valence-corrected chi connectivity index (χ3v) is 6.12. The maximum Gasteiger partial charge on any atom is 0.293 e. The van der Waals surface area contributed by atoms with Crippen LogP contribution in [0.25, 0.3) is 16.6 Å². The summed E-state index contributed by atoms with van der Waals surface area (Å²) in [6.45, 7) is 3.95. The molecule has 0 radical (unpaired) electrons. The molecule has 1 aliphatic rings. The van der Waals surface area contributed by atoms with Gasteiger partial charge in [-0.2, -0.15) is 10.2 Å². The van der Waals surface area contributed by atoms with Crippen molar-refractivity contribution in [3.8, 4) is 5.69 Å². The van der Waals surface area contributed by atoms with Crippen LogP contribution >= 0.6 is 11.6 Å². The minimum Gasteiger partial charge on any atom is -0.292 e. The predicted molar refractivity (Wildman–Crippen MR) is 120 cm³/mol. The van der Waals surface area contributed by atoms with Crippen LogP contribution in [-0.4, -0.2) is 25.3 Å². The molecule has 2 aromatic carbocycles. The minimum atomic E-state index is -0.322. The Morgan fingerprint density at radius 3 is 2.52 bits per heavy atom. The molecule has 5 rings (SSSR count). The SMILES string of the molecule is Cc1ccc(-n2ncc3c(C4CC4)nn(CC(=O)c4ccc(Cl)cc4)c(=O)c32)cc1C. The van der Waals surface area contributed by atoms with Gasteiger partial charge < -0.3 is 0 Å². The number of aryl methyl sites for hydroxylation is 2. The van der Waals surface area contributed by atoms with Crippen molar-refractivity contribution in [1.82, 2.24) is 19.6 Å². The van der Waals surface area contributed by atoms with Crippen molar-refractivity contribution in [3.63, 3.8) is 0 Å². The standard InChI is InChI=1S/C24H21ClN4O2/c1-14-3-10-19(11-15(14)2)29-23-20(12-26-29)22(17-4-5-17)27-28(24(23)31)13-21(30)16-6-8-18(25)9-7-16/h3,6-12,17H,4-5,13H2,1-2H3. The molecule has 7 heteroatoms. The van der Waals surface area contributed by atoms with Gasteiger partial charge in [0.15, 0.2) is 5.78 Å². The molecule has 0 atom stereocenters. The maximum atomic E-state index is 13.4. The first-order valence-electron chi connectivity index (χ1n) is 10.3. The Morgan fingerprint density at radius 1 is 1.10 bits per heavy atom. The molecule has 1 aliphatic carbocycles. The van der Waals surface area contributed by atoms with E-state index in [0.29, 0.717) is 22.0 Å². The summed E-state index contributed by atoms with van der Waals surface area (Å²) in [6, 6.07) is 12.6. The highest BCUT2D eigenvalue weighted by atomic mass is 35.5. The zero-order valence-corrected chi connectivity index (χ0v) is 18.1. The zero-order chi connectivity index (χ0) is 21.7. The van der Waals surface area contributed by atoms with Gasteiger partial charge in [-0.05, 0) is 74.2 Å². The third-order valence-electron chi connectivity index (χ3n) is 5.87. The number of rotatable bonds is 5. The van der Waals surface area contributed by atoms with E-state index in [4.69, 9.17) is 11.6 Å². The van der Waals surface area contributed by atoms with E-state index in [0.717, 1.165) is 35.2 Å². The molecule has 0 aliphatic heterocycles. The minimum absolute atomic E-state index is 0.131. The fraction of sp³-hybridized carbons (Fsp3) is 0.250. The van der Waals surface area contributed by atoms with E-state index < -0.39 is 0 Å². The van der Waals surface area contributed by atoms with Gasteiger partial charge in [-0.1, -0.05) is 17.7 Å². The summed E-state index contributed by atoms with van der Waals surface area (Å²) in [6.07, 6.45) is 3.78. The summed E-state index contributed by atoms with van der Waals surface area (Å²) in [4.78, 5) is 26.2. The number of Topliss-reactive ketones (excluding diaryl/α,β-unsaturated/α-hetero) is 1. The smallest absolute Gasteiger partial charge is 0.292 e. The first kappa shape index (κ1) is 19.7. The number of hydrogen-bond donors (Lipinski definition) is 0. The molecule has 4 aromatic rings. The van der Waals surface area contributed by atoms with Crippen molar-refractivity contribution in [2.45, 2.75) is 39.2 Å². The number of hydrogen-bond acceptors (Lipinski definition) is 4. The molecule has 156 valence electrons. The second-order valence-electron chi connectivity index (χ2n) is 8.14. The molecule has 31 heavy (non-hydrogen) atoms. The van der Waals surface area contributed by atoms with E-state index >= 15 is 0 Å². The first-order valence-corrected chi connectivity index (χ1v) is 10.7. The van der Waals surface area contributed by atoms with Gasteiger partial charge in [-0.15, -0.1) is 0 Å². The number of nitrogens with zero attached hydrogens (tertiary/aromatic N) is 4. The molecule has 0 spiro atoms. The number of aromatic nitrogens is 4. The molecule has 0 unspecified atom stereocenters. The lowest BCUT2D eigenvalue weighted by Gasteiger charge is -2.10. The van der Waals surface area contributed by atoms with Crippen molar-refractivity contribution in [3.05, 3.63) is 86.4 Å². The Hall–Kier alpha value is -3.25. The van der Waals surface area contributed by atoms with Gasteiger partial charge >= 0.3 is 0 Å². The molecule has 0 bridgehead atoms. The Kier molecular flexibility index (Phi) is 4.74. The zero-order valence-electron chi connectivity index (χ0n) is 17.3. The van der Waals surface area contributed by atoms with Crippen molar-refractivity contribution in [1.29, 1.82) is 0 Å². The Balaban J connectivity index is 1.64. The Morgan fingerprint density at radius 2 is 1.84 bits per heavy atom. The van der Waals surface area contributed by atoms with Gasteiger partial charge in [0.05, 0.1) is 17.6 Å². The summed E-state index contributed by atoms with van der Waals surface area (Å²) in [5.41, 5.74) is 4.59. The molecule has 1 fully saturated rings. The van der Waals surface area contributed by atoms with E-state index in [-0.39, 0.29) is 17.9 Å². The van der Waals surface area contributed by atoms with E-state index in [9.17, 15) is 9.59 Å². The second-order valence-corrected chi connectivity index (χ2v) is 8.58. The van der Waals surface area contributed by atoms with Gasteiger partial charge in [-0.25, -0.2) is 9.36 Å². The summed E-state index contributed by atoms with van der Waals surface area (Å²) < 4.78 is 2.95. The molecular formula is C24H21ClN4O2. The van der Waals surface area contributed by atoms with Crippen molar-refractivity contribution >= 4 is 28.3 Å². The molecule has 6 nitrogen and oxygen atoms in total. The van der Waals surface area contributed by atoms with Crippen LogP contribution in [0.15, 0.2) is 53.5 Å². The number of benzene rings is 2.